The van der Waals surface area contributed by atoms with E-state index in [1.807, 2.05) is 6.92 Å². The first-order valence-corrected chi connectivity index (χ1v) is 7.69. The minimum atomic E-state index is -3.61. The van der Waals surface area contributed by atoms with Crippen molar-refractivity contribution in [2.75, 3.05) is 26.8 Å². The molecule has 7 heteroatoms. The second kappa shape index (κ2) is 6.95. The summed E-state index contributed by atoms with van der Waals surface area (Å²) in [6.45, 7) is 3.04. The van der Waals surface area contributed by atoms with Crippen molar-refractivity contribution in [2.24, 2.45) is 5.73 Å². The number of ether oxygens (including phenoxy) is 1. The second-order valence-corrected chi connectivity index (χ2v) is 6.34. The van der Waals surface area contributed by atoms with Gasteiger partial charge in [0.2, 0.25) is 10.0 Å². The van der Waals surface area contributed by atoms with Crippen LogP contribution in [0.4, 0.5) is 0 Å². The lowest BCUT2D eigenvalue weighted by Gasteiger charge is -2.18. The summed E-state index contributed by atoms with van der Waals surface area (Å²) in [5.41, 5.74) is 5.92. The SMILES string of the molecule is CCOCCN(C)S(=O)(=O)c1ccccc1C(N)=S. The summed E-state index contributed by atoms with van der Waals surface area (Å²) >= 11 is 4.88. The van der Waals surface area contributed by atoms with Crippen LogP contribution < -0.4 is 5.73 Å². The van der Waals surface area contributed by atoms with Crippen molar-refractivity contribution >= 4 is 27.2 Å². The monoisotopic (exact) mass is 302 g/mol. The molecular weight excluding hydrogens is 284 g/mol. The molecule has 0 saturated carbocycles. The molecule has 0 amide bonds. The average molecular weight is 302 g/mol. The van der Waals surface area contributed by atoms with Gasteiger partial charge in [-0.3, -0.25) is 0 Å². The van der Waals surface area contributed by atoms with Crippen LogP contribution in [0.2, 0.25) is 0 Å². The molecule has 0 saturated heterocycles. The normalized spacial score (nSPS) is 11.7. The van der Waals surface area contributed by atoms with Crippen LogP contribution in [-0.4, -0.2) is 44.5 Å². The Morgan fingerprint density at radius 1 is 1.42 bits per heavy atom. The van der Waals surface area contributed by atoms with Crippen LogP contribution in [0, 0.1) is 0 Å². The van der Waals surface area contributed by atoms with Crippen LogP contribution in [-0.2, 0) is 14.8 Å². The third-order valence-electron chi connectivity index (χ3n) is 2.60. The van der Waals surface area contributed by atoms with Gasteiger partial charge < -0.3 is 10.5 Å². The Bertz CT molecular complexity index is 544. The van der Waals surface area contributed by atoms with E-state index >= 15 is 0 Å². The predicted molar refractivity (Wildman–Crippen MR) is 78.6 cm³/mol. The number of nitrogens with two attached hydrogens (primary N) is 1. The summed E-state index contributed by atoms with van der Waals surface area (Å²) in [5.74, 6) is 0. The van der Waals surface area contributed by atoms with Crippen molar-refractivity contribution in [2.45, 2.75) is 11.8 Å². The van der Waals surface area contributed by atoms with E-state index in [-0.39, 0.29) is 16.4 Å². The van der Waals surface area contributed by atoms with Crippen LogP contribution in [0.3, 0.4) is 0 Å². The fourth-order valence-electron chi connectivity index (χ4n) is 1.52. The fraction of sp³-hybridized carbons (Fsp3) is 0.417. The molecule has 0 radical (unpaired) electrons. The fourth-order valence-corrected chi connectivity index (χ4v) is 3.12. The summed E-state index contributed by atoms with van der Waals surface area (Å²) in [6, 6.07) is 6.45. The van der Waals surface area contributed by atoms with Gasteiger partial charge in [-0.25, -0.2) is 8.42 Å². The van der Waals surface area contributed by atoms with E-state index in [1.165, 1.54) is 17.4 Å². The van der Waals surface area contributed by atoms with Crippen molar-refractivity contribution in [3.63, 3.8) is 0 Å². The van der Waals surface area contributed by atoms with Crippen LogP contribution in [0.25, 0.3) is 0 Å². The molecule has 5 nitrogen and oxygen atoms in total. The summed E-state index contributed by atoms with van der Waals surface area (Å²) in [4.78, 5) is 0.193. The first-order chi connectivity index (χ1) is 8.91. The molecule has 0 aliphatic carbocycles. The van der Waals surface area contributed by atoms with Crippen LogP contribution in [0.1, 0.15) is 12.5 Å². The average Bonchev–Trinajstić information content (AvgIpc) is 2.38. The van der Waals surface area contributed by atoms with E-state index in [4.69, 9.17) is 22.7 Å². The van der Waals surface area contributed by atoms with Gasteiger partial charge in [0.05, 0.1) is 11.5 Å². The Balaban J connectivity index is 3.03. The summed E-state index contributed by atoms with van der Waals surface area (Å²) < 4.78 is 31.2. The molecule has 106 valence electrons. The van der Waals surface area contributed by atoms with Crippen molar-refractivity contribution in [3.8, 4) is 0 Å². The molecule has 0 bridgehead atoms. The molecule has 0 unspecified atom stereocenters. The van der Waals surface area contributed by atoms with Gasteiger partial charge in [-0.05, 0) is 13.0 Å². The van der Waals surface area contributed by atoms with Crippen LogP contribution in [0.15, 0.2) is 29.2 Å². The number of rotatable bonds is 7. The molecule has 1 aromatic carbocycles. The maximum Gasteiger partial charge on any atom is 0.243 e. The summed E-state index contributed by atoms with van der Waals surface area (Å²) in [7, 11) is -2.10. The number of benzene rings is 1. The highest BCUT2D eigenvalue weighted by Crippen LogP contribution is 2.19. The van der Waals surface area contributed by atoms with Gasteiger partial charge >= 0.3 is 0 Å². The number of thiocarbonyl (C=S) groups is 1. The van der Waals surface area contributed by atoms with Crippen molar-refractivity contribution in [1.29, 1.82) is 0 Å². The van der Waals surface area contributed by atoms with E-state index < -0.39 is 10.0 Å². The third kappa shape index (κ3) is 3.97. The third-order valence-corrected chi connectivity index (χ3v) is 4.73. The molecule has 0 atom stereocenters. The van der Waals surface area contributed by atoms with Crippen LogP contribution >= 0.6 is 12.2 Å². The van der Waals surface area contributed by atoms with Crippen molar-refractivity contribution in [3.05, 3.63) is 29.8 Å². The molecule has 0 aliphatic rings. The highest BCUT2D eigenvalue weighted by atomic mass is 32.2. The predicted octanol–water partition coefficient (Wildman–Crippen LogP) is 0.978. The molecule has 0 heterocycles. The molecule has 1 rings (SSSR count). The lowest BCUT2D eigenvalue weighted by Crippen LogP contribution is -2.31. The van der Waals surface area contributed by atoms with Crippen molar-refractivity contribution in [1.82, 2.24) is 4.31 Å². The van der Waals surface area contributed by atoms with Gasteiger partial charge in [0.25, 0.3) is 0 Å². The maximum absolute atomic E-state index is 12.4. The lowest BCUT2D eigenvalue weighted by molar-refractivity contribution is 0.138. The highest BCUT2D eigenvalue weighted by molar-refractivity contribution is 7.89. The van der Waals surface area contributed by atoms with E-state index in [1.54, 1.807) is 18.2 Å². The van der Waals surface area contributed by atoms with Gasteiger partial charge in [-0.1, -0.05) is 30.4 Å². The quantitative estimate of drug-likeness (QED) is 0.600. The van der Waals surface area contributed by atoms with Gasteiger partial charge in [0, 0.05) is 25.8 Å². The lowest BCUT2D eigenvalue weighted by atomic mass is 10.2. The largest absolute Gasteiger partial charge is 0.389 e. The highest BCUT2D eigenvalue weighted by Gasteiger charge is 2.24. The van der Waals surface area contributed by atoms with E-state index in [0.29, 0.717) is 18.8 Å². The first-order valence-electron chi connectivity index (χ1n) is 5.84. The second-order valence-electron chi connectivity index (χ2n) is 3.88. The minimum absolute atomic E-state index is 0.0670. The molecule has 2 N–H and O–H groups in total. The zero-order valence-corrected chi connectivity index (χ0v) is 12.6. The van der Waals surface area contributed by atoms with Gasteiger partial charge in [-0.2, -0.15) is 4.31 Å². The smallest absolute Gasteiger partial charge is 0.243 e. The molecule has 19 heavy (non-hydrogen) atoms. The standard InChI is InChI=1S/C12H18N2O3S2/c1-3-17-9-8-14(2)19(15,16)11-7-5-4-6-10(11)12(13)18/h4-7H,3,8-9H2,1-2H3,(H2,13,18). The Hall–Kier alpha value is -1.02. The number of hydrogen-bond donors (Lipinski definition) is 1. The molecular formula is C12H18N2O3S2. The van der Waals surface area contributed by atoms with Crippen molar-refractivity contribution < 1.29 is 13.2 Å². The maximum atomic E-state index is 12.4. The van der Waals surface area contributed by atoms with Gasteiger partial charge in [0.1, 0.15) is 4.99 Å². The molecule has 1 aromatic rings. The summed E-state index contributed by atoms with van der Waals surface area (Å²) in [6.07, 6.45) is 0. The number of nitrogens with zero attached hydrogens (tertiary/aromatic N) is 1. The Morgan fingerprint density at radius 3 is 2.63 bits per heavy atom. The minimum Gasteiger partial charge on any atom is -0.389 e. The Morgan fingerprint density at radius 2 is 2.05 bits per heavy atom. The van der Waals surface area contributed by atoms with E-state index in [2.05, 4.69) is 0 Å². The number of likely N-dealkylation sites (N-methyl/N-ethyl adjacent to an activating group) is 1. The van der Waals surface area contributed by atoms with Gasteiger partial charge in [0.15, 0.2) is 0 Å². The zero-order chi connectivity index (χ0) is 14.5. The zero-order valence-electron chi connectivity index (χ0n) is 11.0. The van der Waals surface area contributed by atoms with Crippen LogP contribution in [0.5, 0.6) is 0 Å². The molecule has 0 spiro atoms. The Kier molecular flexibility index (Phi) is 5.86. The van der Waals surface area contributed by atoms with E-state index in [0.717, 1.165) is 0 Å². The topological polar surface area (TPSA) is 72.6 Å². The molecule has 0 fully saturated rings. The summed E-state index contributed by atoms with van der Waals surface area (Å²) in [5, 5.41) is 0. The first kappa shape index (κ1) is 16.0. The Labute approximate surface area is 119 Å². The van der Waals surface area contributed by atoms with E-state index in [9.17, 15) is 8.42 Å². The van der Waals surface area contributed by atoms with Gasteiger partial charge in [-0.15, -0.1) is 0 Å². The molecule has 0 aromatic heterocycles. The number of sulfonamides is 1. The molecule has 0 aliphatic heterocycles. The number of hydrogen-bond acceptors (Lipinski definition) is 4.